The second-order valence-electron chi connectivity index (χ2n) is 2.88. The minimum Gasteiger partial charge on any atom is -0.355 e. The molecule has 1 aliphatic rings. The lowest BCUT2D eigenvalue weighted by atomic mass is 10.2. The molecule has 3 heteroatoms. The topological polar surface area (TPSA) is 3.24 Å². The summed E-state index contributed by atoms with van der Waals surface area (Å²) in [6, 6.07) is 2.22. The Morgan fingerprint density at radius 1 is 1.45 bits per heavy atom. The Morgan fingerprint density at radius 2 is 2.36 bits per heavy atom. The highest BCUT2D eigenvalue weighted by atomic mass is 32.1. The first kappa shape index (κ1) is 7.57. The number of hydrogen-bond donors (Lipinski definition) is 0. The van der Waals surface area contributed by atoms with E-state index in [1.54, 1.807) is 4.88 Å². The van der Waals surface area contributed by atoms with Crippen LogP contribution in [0.5, 0.6) is 0 Å². The Kier molecular flexibility index (Phi) is 2.15. The standard InChI is InChI=1S/C8H12NPS/c10-9-5-2-1-3-8-7(9)4-6-11-8/h4,6H,1-3,5,10H2. The largest absolute Gasteiger partial charge is 0.355 e. The second kappa shape index (κ2) is 3.12. The van der Waals surface area contributed by atoms with Gasteiger partial charge in [0.15, 0.2) is 0 Å². The monoisotopic (exact) mass is 185 g/mol. The number of nitrogens with zero attached hydrogens (tertiary/aromatic N) is 1. The van der Waals surface area contributed by atoms with E-state index in [2.05, 4.69) is 25.5 Å². The summed E-state index contributed by atoms with van der Waals surface area (Å²) in [5.74, 6) is 0. The molecule has 11 heavy (non-hydrogen) atoms. The van der Waals surface area contributed by atoms with Gasteiger partial charge in [-0.3, -0.25) is 0 Å². The lowest BCUT2D eigenvalue weighted by molar-refractivity contribution is 0.777. The van der Waals surface area contributed by atoms with Gasteiger partial charge in [0, 0.05) is 11.4 Å². The van der Waals surface area contributed by atoms with Crippen molar-refractivity contribution in [3.05, 3.63) is 16.3 Å². The van der Waals surface area contributed by atoms with Gasteiger partial charge in [-0.2, -0.15) is 0 Å². The number of hydrogen-bond acceptors (Lipinski definition) is 2. The van der Waals surface area contributed by atoms with Crippen molar-refractivity contribution in [3.63, 3.8) is 0 Å². The summed E-state index contributed by atoms with van der Waals surface area (Å²) in [6.45, 7) is 1.19. The van der Waals surface area contributed by atoms with Crippen LogP contribution in [0.3, 0.4) is 0 Å². The van der Waals surface area contributed by atoms with Crippen molar-refractivity contribution in [1.29, 1.82) is 0 Å². The number of fused-ring (bicyclic) bond motifs is 1. The van der Waals surface area contributed by atoms with E-state index in [9.17, 15) is 0 Å². The van der Waals surface area contributed by atoms with Crippen molar-refractivity contribution in [1.82, 2.24) is 0 Å². The Balaban J connectivity index is 2.34. The predicted octanol–water partition coefficient (Wildman–Crippen LogP) is 2.68. The zero-order valence-electron chi connectivity index (χ0n) is 6.42. The number of anilines is 1. The van der Waals surface area contributed by atoms with Gasteiger partial charge >= 0.3 is 0 Å². The van der Waals surface area contributed by atoms with Gasteiger partial charge in [-0.25, -0.2) is 0 Å². The lowest BCUT2D eigenvalue weighted by Gasteiger charge is -2.15. The van der Waals surface area contributed by atoms with Crippen LogP contribution in [0, 0.1) is 0 Å². The van der Waals surface area contributed by atoms with Gasteiger partial charge in [-0.05, 0) is 40.1 Å². The van der Waals surface area contributed by atoms with Crippen LogP contribution < -0.4 is 4.67 Å². The molecule has 0 fully saturated rings. The van der Waals surface area contributed by atoms with E-state index in [-0.39, 0.29) is 0 Å². The van der Waals surface area contributed by atoms with Gasteiger partial charge in [0.05, 0.1) is 5.69 Å². The molecule has 2 heterocycles. The molecule has 0 saturated heterocycles. The molecule has 0 radical (unpaired) electrons. The van der Waals surface area contributed by atoms with E-state index in [0.29, 0.717) is 0 Å². The molecule has 0 spiro atoms. The van der Waals surface area contributed by atoms with Crippen LogP contribution >= 0.6 is 20.7 Å². The molecular formula is C8H12NPS. The molecule has 0 aliphatic carbocycles. The molecule has 2 rings (SSSR count). The summed E-state index contributed by atoms with van der Waals surface area (Å²) in [5, 5.41) is 2.19. The van der Waals surface area contributed by atoms with E-state index >= 15 is 0 Å². The summed E-state index contributed by atoms with van der Waals surface area (Å²) in [5.41, 5.74) is 1.43. The Bertz CT molecular complexity index is 246. The van der Waals surface area contributed by atoms with Crippen molar-refractivity contribution in [2.24, 2.45) is 0 Å². The quantitative estimate of drug-likeness (QED) is 0.562. The molecule has 0 amide bonds. The average molecular weight is 185 g/mol. The molecule has 1 unspecified atom stereocenters. The van der Waals surface area contributed by atoms with Crippen LogP contribution in [-0.2, 0) is 6.42 Å². The maximum Gasteiger partial charge on any atom is 0.0536 e. The van der Waals surface area contributed by atoms with Crippen LogP contribution in [0.4, 0.5) is 5.69 Å². The van der Waals surface area contributed by atoms with Crippen molar-refractivity contribution in [2.45, 2.75) is 19.3 Å². The van der Waals surface area contributed by atoms with Crippen molar-refractivity contribution in [3.8, 4) is 0 Å². The Morgan fingerprint density at radius 3 is 3.27 bits per heavy atom. The number of aryl methyl sites for hydroxylation is 1. The van der Waals surface area contributed by atoms with E-state index in [4.69, 9.17) is 0 Å². The van der Waals surface area contributed by atoms with Crippen LogP contribution in [0.15, 0.2) is 11.4 Å². The van der Waals surface area contributed by atoms with E-state index in [0.717, 1.165) is 0 Å². The summed E-state index contributed by atoms with van der Waals surface area (Å²) < 4.78 is 2.29. The third kappa shape index (κ3) is 1.43. The summed E-state index contributed by atoms with van der Waals surface area (Å²) in [4.78, 5) is 1.55. The molecule has 0 saturated carbocycles. The third-order valence-electron chi connectivity index (χ3n) is 2.08. The minimum atomic E-state index is 1.19. The number of thiophene rings is 1. The van der Waals surface area contributed by atoms with Crippen molar-refractivity contribution >= 4 is 26.4 Å². The first-order valence-corrected chi connectivity index (χ1v) is 5.36. The van der Waals surface area contributed by atoms with Crippen LogP contribution in [-0.4, -0.2) is 6.54 Å². The fourth-order valence-electron chi connectivity index (χ4n) is 1.46. The van der Waals surface area contributed by atoms with Crippen LogP contribution in [0.2, 0.25) is 0 Å². The minimum absolute atomic E-state index is 1.19. The maximum absolute atomic E-state index is 2.80. The first-order chi connectivity index (χ1) is 5.38. The molecule has 0 bridgehead atoms. The van der Waals surface area contributed by atoms with Crippen LogP contribution in [0.1, 0.15) is 17.7 Å². The molecule has 1 nitrogen and oxygen atoms in total. The Hall–Kier alpha value is -0.0700. The average Bonchev–Trinajstić information content (AvgIpc) is 2.40. The highest BCUT2D eigenvalue weighted by Crippen LogP contribution is 2.32. The molecule has 1 aromatic heterocycles. The van der Waals surface area contributed by atoms with Gasteiger partial charge in [0.25, 0.3) is 0 Å². The predicted molar refractivity (Wildman–Crippen MR) is 54.3 cm³/mol. The highest BCUT2D eigenvalue weighted by Gasteiger charge is 2.12. The first-order valence-electron chi connectivity index (χ1n) is 3.96. The fraction of sp³-hybridized carbons (Fsp3) is 0.500. The molecule has 0 N–H and O–H groups in total. The molecule has 1 aliphatic heterocycles. The fourth-order valence-corrected chi connectivity index (χ4v) is 2.91. The van der Waals surface area contributed by atoms with E-state index < -0.39 is 0 Å². The van der Waals surface area contributed by atoms with Gasteiger partial charge in [-0.15, -0.1) is 11.3 Å². The molecule has 0 aromatic carbocycles. The van der Waals surface area contributed by atoms with Gasteiger partial charge in [-0.1, -0.05) is 0 Å². The van der Waals surface area contributed by atoms with Crippen LogP contribution in [0.25, 0.3) is 0 Å². The third-order valence-corrected chi connectivity index (χ3v) is 3.59. The summed E-state index contributed by atoms with van der Waals surface area (Å²) >= 11 is 1.89. The lowest BCUT2D eigenvalue weighted by Crippen LogP contribution is -2.08. The van der Waals surface area contributed by atoms with E-state index in [1.165, 1.54) is 31.5 Å². The highest BCUT2D eigenvalue weighted by molar-refractivity contribution is 7.19. The SMILES string of the molecule is PN1CCCCc2sccc21. The van der Waals surface area contributed by atoms with E-state index in [1.807, 2.05) is 11.3 Å². The smallest absolute Gasteiger partial charge is 0.0536 e. The second-order valence-corrected chi connectivity index (χ2v) is 4.50. The summed E-state index contributed by atoms with van der Waals surface area (Å²) in [6.07, 6.45) is 3.95. The maximum atomic E-state index is 2.80. The molecule has 60 valence electrons. The zero-order chi connectivity index (χ0) is 7.68. The van der Waals surface area contributed by atoms with Gasteiger partial charge in [0.1, 0.15) is 0 Å². The molecule has 1 aromatic rings. The number of rotatable bonds is 0. The van der Waals surface area contributed by atoms with Gasteiger partial charge < -0.3 is 4.67 Å². The van der Waals surface area contributed by atoms with Crippen molar-refractivity contribution in [2.75, 3.05) is 11.2 Å². The Labute approximate surface area is 73.7 Å². The summed E-state index contributed by atoms with van der Waals surface area (Å²) in [7, 11) is 2.80. The molecular weight excluding hydrogens is 173 g/mol. The normalized spacial score (nSPS) is 17.7. The zero-order valence-corrected chi connectivity index (χ0v) is 8.39. The van der Waals surface area contributed by atoms with Gasteiger partial charge in [0.2, 0.25) is 0 Å². The van der Waals surface area contributed by atoms with Crippen molar-refractivity contribution < 1.29 is 0 Å². The molecule has 1 atom stereocenters.